The Balaban J connectivity index is 1.76. The largest absolute Gasteiger partial charge is 0.507 e. The molecule has 0 unspecified atom stereocenters. The van der Waals surface area contributed by atoms with Gasteiger partial charge in [0.15, 0.2) is 0 Å². The minimum atomic E-state index is -0.156. The summed E-state index contributed by atoms with van der Waals surface area (Å²) in [5.41, 5.74) is 5.24. The van der Waals surface area contributed by atoms with Crippen LogP contribution in [-0.2, 0) is 10.8 Å². The summed E-state index contributed by atoms with van der Waals surface area (Å²) in [7, 11) is 0. The van der Waals surface area contributed by atoms with Crippen LogP contribution in [0.15, 0.2) is 53.7 Å². The molecule has 3 aromatic rings. The van der Waals surface area contributed by atoms with Gasteiger partial charge < -0.3 is 14.2 Å². The van der Waals surface area contributed by atoms with E-state index in [1.54, 1.807) is 0 Å². The van der Waals surface area contributed by atoms with Crippen LogP contribution < -0.4 is 4.57 Å². The number of phenols is 1. The number of hydrogen-bond donors (Lipinski definition) is 1. The van der Waals surface area contributed by atoms with Crippen molar-refractivity contribution in [2.24, 2.45) is 4.99 Å². The summed E-state index contributed by atoms with van der Waals surface area (Å²) in [5, 5.41) is 11.3. The van der Waals surface area contributed by atoms with Crippen molar-refractivity contribution in [1.82, 2.24) is 4.57 Å². The van der Waals surface area contributed by atoms with Crippen molar-refractivity contribution in [3.05, 3.63) is 71.7 Å². The average Bonchev–Trinajstić information content (AvgIpc) is 3.28. The van der Waals surface area contributed by atoms with Crippen LogP contribution in [-0.4, -0.2) is 21.9 Å². The number of hydrogen-bond acceptors (Lipinski definition) is 2. The second kappa shape index (κ2) is 10.5. The zero-order chi connectivity index (χ0) is 27.0. The molecule has 0 radical (unpaired) electrons. The second-order valence-corrected chi connectivity index (χ2v) is 13.0. The molecule has 0 aliphatic heterocycles. The number of rotatable bonds is 5. The van der Waals surface area contributed by atoms with Crippen LogP contribution in [0.5, 0.6) is 5.75 Å². The fourth-order valence-electron chi connectivity index (χ4n) is 5.24. The van der Waals surface area contributed by atoms with Gasteiger partial charge in [-0.25, -0.2) is 0 Å². The van der Waals surface area contributed by atoms with Crippen LogP contribution in [0.4, 0.5) is 0 Å². The maximum atomic E-state index is 11.3. The first-order valence-corrected chi connectivity index (χ1v) is 13.9. The Hall–Kier alpha value is -2.88. The Morgan fingerprint density at radius 1 is 1.00 bits per heavy atom. The third-order valence-corrected chi connectivity index (χ3v) is 7.61. The highest BCUT2D eigenvalue weighted by Gasteiger charge is 2.30. The van der Waals surface area contributed by atoms with Crippen LogP contribution in [0.2, 0.25) is 0 Å². The summed E-state index contributed by atoms with van der Waals surface area (Å²) in [4.78, 5) is 5.17. The molecule has 1 aromatic heterocycles. The molecule has 1 saturated carbocycles. The van der Waals surface area contributed by atoms with Crippen LogP contribution in [0.25, 0.3) is 11.3 Å². The van der Waals surface area contributed by atoms with Gasteiger partial charge in [-0.2, -0.15) is 0 Å². The fraction of sp³-hybridized carbons (Fsp3) is 0.515. The Labute approximate surface area is 224 Å². The highest BCUT2D eigenvalue weighted by atomic mass is 16.3. The summed E-state index contributed by atoms with van der Waals surface area (Å²) in [6.07, 6.45) is 12.3. The predicted octanol–water partition coefficient (Wildman–Crippen LogP) is 7.73. The van der Waals surface area contributed by atoms with E-state index in [-0.39, 0.29) is 22.9 Å². The molecule has 1 aliphatic rings. The molecule has 0 spiro atoms. The van der Waals surface area contributed by atoms with Gasteiger partial charge in [0.05, 0.1) is 18.1 Å². The number of aliphatic imine (C=N–C) groups is 1. The van der Waals surface area contributed by atoms with Gasteiger partial charge in [0, 0.05) is 23.0 Å². The van der Waals surface area contributed by atoms with E-state index in [0.717, 1.165) is 24.0 Å². The van der Waals surface area contributed by atoms with Gasteiger partial charge in [-0.15, -0.1) is 0 Å². The molecule has 0 bridgehead atoms. The van der Waals surface area contributed by atoms with Gasteiger partial charge in [0.1, 0.15) is 5.75 Å². The number of phenolic OH excluding ortho intramolecular Hbond substituents is 1. The molecule has 4 rings (SSSR count). The standard InChI is InChI=1S/C33H45N3O/c1-23(2)35-21-30(24-14-10-9-11-15-24)36(22-35)29-17-13-12-16-28(29)34-20-25-18-26(32(3,4)5)19-27(31(25)37)33(6,7)8/h9-11,14-15,18-21,23,28-29,37H,12-13,16-17H2,1-8H3/t28-,29-/m1/s1. The lowest BCUT2D eigenvalue weighted by Crippen LogP contribution is -2.35. The number of aromatic nitrogens is 2. The third-order valence-electron chi connectivity index (χ3n) is 7.61. The third kappa shape index (κ3) is 6.00. The normalized spacial score (nSPS) is 19.2. The first-order chi connectivity index (χ1) is 17.4. The van der Waals surface area contributed by atoms with Crippen LogP contribution in [0.3, 0.4) is 0 Å². The molecule has 1 heterocycles. The van der Waals surface area contributed by atoms with Crippen LogP contribution in [0.1, 0.15) is 110 Å². The van der Waals surface area contributed by atoms with E-state index in [2.05, 4.69) is 120 Å². The quantitative estimate of drug-likeness (QED) is 0.218. The lowest BCUT2D eigenvalue weighted by molar-refractivity contribution is -0.719. The Kier molecular flexibility index (Phi) is 7.69. The SMILES string of the molecule is CC(C)[n+]1[c-]n([C@@H]2CCCC[C@H]2N=Cc2cc(C(C)(C)C)cc(C(C)(C)C)c2O)c(-c2ccccc2)c1. The summed E-state index contributed by atoms with van der Waals surface area (Å²) < 4.78 is 4.52. The molecule has 1 N–H and O–H groups in total. The monoisotopic (exact) mass is 499 g/mol. The maximum Gasteiger partial charge on any atom is 0.204 e. The van der Waals surface area contributed by atoms with E-state index in [9.17, 15) is 5.11 Å². The lowest BCUT2D eigenvalue weighted by atomic mass is 9.79. The second-order valence-electron chi connectivity index (χ2n) is 13.0. The van der Waals surface area contributed by atoms with Crippen molar-refractivity contribution < 1.29 is 9.67 Å². The van der Waals surface area contributed by atoms with Crippen molar-refractivity contribution in [2.75, 3.05) is 0 Å². The summed E-state index contributed by atoms with van der Waals surface area (Å²) in [5.74, 6) is 0.353. The van der Waals surface area contributed by atoms with Gasteiger partial charge in [0.25, 0.3) is 0 Å². The zero-order valence-electron chi connectivity index (χ0n) is 24.0. The summed E-state index contributed by atoms with van der Waals surface area (Å²) in [6, 6.07) is 15.6. The van der Waals surface area contributed by atoms with Crippen molar-refractivity contribution in [1.29, 1.82) is 0 Å². The van der Waals surface area contributed by atoms with Crippen molar-refractivity contribution >= 4 is 6.21 Å². The molecular formula is C33H45N3O. The van der Waals surface area contributed by atoms with E-state index in [1.807, 2.05) is 6.21 Å². The van der Waals surface area contributed by atoms with Gasteiger partial charge in [-0.1, -0.05) is 84.4 Å². The fourth-order valence-corrected chi connectivity index (χ4v) is 5.24. The first-order valence-electron chi connectivity index (χ1n) is 13.9. The average molecular weight is 500 g/mol. The first kappa shape index (κ1) is 27.2. The zero-order valence-corrected chi connectivity index (χ0v) is 24.0. The molecule has 1 fully saturated rings. The Morgan fingerprint density at radius 3 is 2.30 bits per heavy atom. The van der Waals surface area contributed by atoms with Crippen LogP contribution in [0, 0.1) is 6.33 Å². The van der Waals surface area contributed by atoms with Gasteiger partial charge in [0.2, 0.25) is 6.33 Å². The van der Waals surface area contributed by atoms with Crippen molar-refractivity contribution in [3.63, 3.8) is 0 Å². The molecular weight excluding hydrogens is 454 g/mol. The number of imidazole rings is 1. The highest BCUT2D eigenvalue weighted by Crippen LogP contribution is 2.38. The smallest absolute Gasteiger partial charge is 0.204 e. The van der Waals surface area contributed by atoms with E-state index in [1.165, 1.54) is 29.7 Å². The minimum Gasteiger partial charge on any atom is -0.507 e. The number of aromatic hydroxyl groups is 1. The maximum absolute atomic E-state index is 11.3. The van der Waals surface area contributed by atoms with E-state index in [4.69, 9.17) is 4.99 Å². The molecule has 37 heavy (non-hydrogen) atoms. The lowest BCUT2D eigenvalue weighted by Gasteiger charge is -2.30. The molecule has 4 heteroatoms. The van der Waals surface area contributed by atoms with Gasteiger partial charge >= 0.3 is 0 Å². The number of benzene rings is 2. The molecule has 1 aliphatic carbocycles. The molecule has 2 atom stereocenters. The highest BCUT2D eigenvalue weighted by molar-refractivity contribution is 5.85. The molecule has 0 amide bonds. The minimum absolute atomic E-state index is 0.0151. The summed E-state index contributed by atoms with van der Waals surface area (Å²) >= 11 is 0. The molecule has 198 valence electrons. The van der Waals surface area contributed by atoms with Gasteiger partial charge in [-0.05, 0) is 67.3 Å². The summed E-state index contributed by atoms with van der Waals surface area (Å²) in [6.45, 7) is 17.5. The molecule has 2 aromatic carbocycles. The van der Waals surface area contributed by atoms with Crippen molar-refractivity contribution in [2.45, 2.75) is 110 Å². The van der Waals surface area contributed by atoms with E-state index < -0.39 is 0 Å². The van der Waals surface area contributed by atoms with E-state index >= 15 is 0 Å². The topological polar surface area (TPSA) is 41.4 Å². The molecule has 0 saturated heterocycles. The Morgan fingerprint density at radius 2 is 1.68 bits per heavy atom. The van der Waals surface area contributed by atoms with Crippen molar-refractivity contribution in [3.8, 4) is 17.0 Å². The molecule has 4 nitrogen and oxygen atoms in total. The van der Waals surface area contributed by atoms with Gasteiger partial charge in [-0.3, -0.25) is 4.99 Å². The Bertz CT molecular complexity index is 1240. The van der Waals surface area contributed by atoms with E-state index in [0.29, 0.717) is 11.8 Å². The predicted molar refractivity (Wildman–Crippen MR) is 154 cm³/mol. The number of nitrogens with zero attached hydrogens (tertiary/aromatic N) is 3. The van der Waals surface area contributed by atoms with Crippen LogP contribution >= 0.6 is 0 Å².